The van der Waals surface area contributed by atoms with Crippen LogP contribution in [0.25, 0.3) is 0 Å². The molecular weight excluding hydrogens is 159 g/mol. The predicted molar refractivity (Wildman–Crippen MR) is 51.0 cm³/mol. The fraction of sp³-hybridized carbons (Fsp3) is 0.600. The molecule has 2 heteroatoms. The second-order valence-electron chi connectivity index (χ2n) is 2.88. The van der Waals surface area contributed by atoms with Crippen molar-refractivity contribution in [3.63, 3.8) is 0 Å². The first-order chi connectivity index (χ1) is 5.43. The van der Waals surface area contributed by atoms with Crippen molar-refractivity contribution in [3.05, 3.63) is 22.4 Å². The zero-order valence-corrected chi connectivity index (χ0v) is 8.91. The summed E-state index contributed by atoms with van der Waals surface area (Å²) < 4.78 is 0. The summed E-state index contributed by atoms with van der Waals surface area (Å²) in [6.45, 7) is 2.25. The number of aryl methyl sites for hydroxylation is 1. The van der Waals surface area contributed by atoms with Gasteiger partial charge in [-0.2, -0.15) is 17.0 Å². The normalized spacial score (nSPS) is 9.42. The summed E-state index contributed by atoms with van der Waals surface area (Å²) in [5.74, 6) is 0. The number of unbranched alkanes of at least 4 members (excludes halogenated alkanes) is 3. The average Bonchev–Trinajstić information content (AvgIpc) is 2.50. The van der Waals surface area contributed by atoms with Gasteiger partial charge in [0, 0.05) is 0 Å². The molecule has 0 aliphatic rings. The van der Waals surface area contributed by atoms with Crippen LogP contribution in [0.2, 0.25) is 0 Å². The molecule has 0 N–H and O–H groups in total. The van der Waals surface area contributed by atoms with Crippen molar-refractivity contribution in [1.29, 1.82) is 0 Å². The first-order valence-electron chi connectivity index (χ1n) is 4.37. The molecule has 0 bridgehead atoms. The maximum atomic E-state index is 3.11. The van der Waals surface area contributed by atoms with Crippen molar-refractivity contribution in [2.75, 3.05) is 0 Å². The summed E-state index contributed by atoms with van der Waals surface area (Å²) in [4.78, 5) is 0. The van der Waals surface area contributed by atoms with E-state index in [2.05, 4.69) is 23.8 Å². The number of hydrogen-bond donors (Lipinski definition) is 0. The van der Waals surface area contributed by atoms with Gasteiger partial charge in [0.05, 0.1) is 0 Å². The third-order valence-corrected chi connectivity index (χ3v) is 2.52. The van der Waals surface area contributed by atoms with Gasteiger partial charge in [0.15, 0.2) is 0 Å². The van der Waals surface area contributed by atoms with Crippen LogP contribution in [0.4, 0.5) is 0 Å². The van der Waals surface area contributed by atoms with Crippen LogP contribution in [0, 0.1) is 5.38 Å². The monoisotopic (exact) mass is 174 g/mol. The van der Waals surface area contributed by atoms with Crippen molar-refractivity contribution >= 4 is 11.3 Å². The number of rotatable bonds is 5. The molecule has 0 aliphatic heterocycles. The van der Waals surface area contributed by atoms with E-state index >= 15 is 0 Å². The Morgan fingerprint density at radius 3 is 2.75 bits per heavy atom. The molecule has 0 saturated carbocycles. The van der Waals surface area contributed by atoms with Gasteiger partial charge >= 0.3 is 18.9 Å². The molecule has 0 fully saturated rings. The largest absolute Gasteiger partial charge is 1.00 e. The molecule has 0 atom stereocenters. The molecule has 0 unspecified atom stereocenters. The van der Waals surface area contributed by atoms with Gasteiger partial charge in [0.2, 0.25) is 0 Å². The Hall–Kier alpha value is 0.297. The van der Waals surface area contributed by atoms with Crippen LogP contribution >= 0.6 is 11.3 Å². The molecule has 1 aromatic rings. The van der Waals surface area contributed by atoms with Crippen molar-refractivity contribution < 1.29 is 18.9 Å². The van der Waals surface area contributed by atoms with Crippen LogP contribution in [0.15, 0.2) is 11.4 Å². The minimum Gasteiger partial charge on any atom is -0.304 e. The molecule has 0 aromatic carbocycles. The smallest absolute Gasteiger partial charge is 0.304 e. The van der Waals surface area contributed by atoms with Gasteiger partial charge < -0.3 is 11.3 Å². The van der Waals surface area contributed by atoms with Gasteiger partial charge in [0.25, 0.3) is 0 Å². The van der Waals surface area contributed by atoms with E-state index < -0.39 is 0 Å². The van der Waals surface area contributed by atoms with Gasteiger partial charge in [-0.3, -0.25) is 0 Å². The molecule has 0 amide bonds. The SMILES string of the molecule is CCCCCCc1c[c-]sc1.[Li+]. The van der Waals surface area contributed by atoms with Gasteiger partial charge in [-0.25, -0.2) is 0 Å². The third kappa shape index (κ3) is 5.03. The zero-order chi connectivity index (χ0) is 7.94. The Labute approximate surface area is 91.6 Å². The molecule has 0 aliphatic carbocycles. The Morgan fingerprint density at radius 1 is 1.33 bits per heavy atom. The Bertz CT molecular complexity index is 170. The standard InChI is InChI=1S/C10H15S.Li/c1-2-3-4-5-6-10-7-8-11-9-10;/h7,9H,2-6H2,1H3;/q-1;+1. The maximum Gasteiger partial charge on any atom is 1.00 e. The Balaban J connectivity index is 0.00000121. The van der Waals surface area contributed by atoms with E-state index in [-0.39, 0.29) is 18.9 Å². The minimum absolute atomic E-state index is 0. The maximum absolute atomic E-state index is 3.11. The van der Waals surface area contributed by atoms with Crippen molar-refractivity contribution in [2.45, 2.75) is 39.0 Å². The topological polar surface area (TPSA) is 0 Å². The van der Waals surface area contributed by atoms with Crippen molar-refractivity contribution in [2.24, 2.45) is 0 Å². The number of hydrogen-bond acceptors (Lipinski definition) is 1. The molecule has 0 spiro atoms. The van der Waals surface area contributed by atoms with Gasteiger partial charge in [-0.15, -0.1) is 5.38 Å². The molecule has 12 heavy (non-hydrogen) atoms. The van der Waals surface area contributed by atoms with E-state index in [0.29, 0.717) is 0 Å². The quantitative estimate of drug-likeness (QED) is 0.350. The fourth-order valence-corrected chi connectivity index (χ4v) is 1.77. The first-order valence-corrected chi connectivity index (χ1v) is 5.25. The summed E-state index contributed by atoms with van der Waals surface area (Å²) in [7, 11) is 0. The second kappa shape index (κ2) is 7.92. The van der Waals surface area contributed by atoms with Gasteiger partial charge in [-0.05, 0) is 0 Å². The van der Waals surface area contributed by atoms with Gasteiger partial charge in [0.1, 0.15) is 0 Å². The van der Waals surface area contributed by atoms with Crippen LogP contribution < -0.4 is 18.9 Å². The van der Waals surface area contributed by atoms with E-state index in [0.717, 1.165) is 0 Å². The number of thiophene rings is 1. The van der Waals surface area contributed by atoms with Crippen molar-refractivity contribution in [1.82, 2.24) is 0 Å². The Morgan fingerprint density at radius 2 is 2.17 bits per heavy atom. The van der Waals surface area contributed by atoms with Crippen LogP contribution in [0.5, 0.6) is 0 Å². The molecule has 1 heterocycles. The van der Waals surface area contributed by atoms with E-state index in [1.54, 1.807) is 11.3 Å². The summed E-state index contributed by atoms with van der Waals surface area (Å²) in [6.07, 6.45) is 6.69. The summed E-state index contributed by atoms with van der Waals surface area (Å²) in [5.41, 5.74) is 1.46. The van der Waals surface area contributed by atoms with Crippen LogP contribution in [0.1, 0.15) is 38.2 Å². The summed E-state index contributed by atoms with van der Waals surface area (Å²) >= 11 is 1.68. The zero-order valence-electron chi connectivity index (χ0n) is 8.10. The van der Waals surface area contributed by atoms with Crippen LogP contribution in [-0.2, 0) is 6.42 Å². The summed E-state index contributed by atoms with van der Waals surface area (Å²) in [6, 6.07) is 2.11. The fourth-order valence-electron chi connectivity index (χ4n) is 1.14. The predicted octanol–water partition coefficient (Wildman–Crippen LogP) is 0.675. The third-order valence-electron chi connectivity index (χ3n) is 1.84. The molecule has 0 saturated heterocycles. The molecular formula is C10H15LiS. The molecule has 0 radical (unpaired) electrons. The summed E-state index contributed by atoms with van der Waals surface area (Å²) in [5, 5.41) is 5.31. The van der Waals surface area contributed by atoms with Crippen molar-refractivity contribution in [3.8, 4) is 0 Å². The van der Waals surface area contributed by atoms with E-state index in [1.165, 1.54) is 37.7 Å². The molecule has 1 rings (SSSR count). The Kier molecular flexibility index (Phi) is 8.12. The molecule has 62 valence electrons. The molecule has 1 aromatic heterocycles. The minimum atomic E-state index is 0. The van der Waals surface area contributed by atoms with Crippen LogP contribution in [-0.4, -0.2) is 0 Å². The van der Waals surface area contributed by atoms with E-state index in [9.17, 15) is 0 Å². The molecule has 0 nitrogen and oxygen atoms in total. The van der Waals surface area contributed by atoms with E-state index in [1.807, 2.05) is 0 Å². The first kappa shape index (κ1) is 12.3. The second-order valence-corrected chi connectivity index (χ2v) is 3.59. The van der Waals surface area contributed by atoms with E-state index in [4.69, 9.17) is 0 Å². The van der Waals surface area contributed by atoms with Crippen LogP contribution in [0.3, 0.4) is 0 Å². The van der Waals surface area contributed by atoms with Gasteiger partial charge in [-0.1, -0.05) is 39.0 Å². The average molecular weight is 174 g/mol.